The van der Waals surface area contributed by atoms with E-state index in [0.29, 0.717) is 13.0 Å². The molecule has 3 heterocycles. The minimum absolute atomic E-state index is 0.0544. The lowest BCUT2D eigenvalue weighted by molar-refractivity contribution is -0.149. The maximum Gasteiger partial charge on any atom is 0.308 e. The summed E-state index contributed by atoms with van der Waals surface area (Å²) in [5, 5.41) is 3.39. The second-order valence-corrected chi connectivity index (χ2v) is 7.33. The summed E-state index contributed by atoms with van der Waals surface area (Å²) in [6.07, 6.45) is 7.88. The van der Waals surface area contributed by atoms with Crippen LogP contribution >= 0.6 is 0 Å². The third kappa shape index (κ3) is 3.25. The van der Waals surface area contributed by atoms with Crippen molar-refractivity contribution in [1.29, 1.82) is 0 Å². The van der Waals surface area contributed by atoms with E-state index in [-0.39, 0.29) is 17.9 Å². The van der Waals surface area contributed by atoms with Crippen molar-refractivity contribution in [2.45, 2.75) is 45.1 Å². The maximum absolute atomic E-state index is 12.2. The van der Waals surface area contributed by atoms with Crippen LogP contribution in [0.3, 0.4) is 0 Å². The fraction of sp³-hybridized carbons (Fsp3) is 0.476. The SMILES string of the molecule is C=C1C2=C(Cc3c(OC)ccnc3N2)N=CN1C1CCCC(C(=O)OCC)C1. The van der Waals surface area contributed by atoms with Crippen LogP contribution in [0.5, 0.6) is 5.75 Å². The zero-order chi connectivity index (χ0) is 19.7. The van der Waals surface area contributed by atoms with Gasteiger partial charge in [0.1, 0.15) is 11.6 Å². The molecule has 2 atom stereocenters. The molecule has 3 aliphatic rings. The van der Waals surface area contributed by atoms with Gasteiger partial charge in [-0.25, -0.2) is 9.98 Å². The van der Waals surface area contributed by atoms with Crippen LogP contribution in [0.1, 0.15) is 38.2 Å². The van der Waals surface area contributed by atoms with Crippen molar-refractivity contribution < 1.29 is 14.3 Å². The van der Waals surface area contributed by atoms with Gasteiger partial charge in [-0.3, -0.25) is 4.79 Å². The average molecular weight is 382 g/mol. The lowest BCUT2D eigenvalue weighted by Gasteiger charge is -2.40. The first-order chi connectivity index (χ1) is 13.6. The molecule has 1 N–H and O–H groups in total. The molecular weight excluding hydrogens is 356 g/mol. The molecule has 2 unspecified atom stereocenters. The number of pyridine rings is 1. The Morgan fingerprint density at radius 1 is 1.43 bits per heavy atom. The van der Waals surface area contributed by atoms with Crippen molar-refractivity contribution in [1.82, 2.24) is 9.88 Å². The molecule has 0 radical (unpaired) electrons. The molecule has 7 nitrogen and oxygen atoms in total. The fourth-order valence-electron chi connectivity index (χ4n) is 4.28. The molecular formula is C21H26N4O3. The molecule has 2 aliphatic heterocycles. The van der Waals surface area contributed by atoms with Crippen LogP contribution < -0.4 is 10.1 Å². The van der Waals surface area contributed by atoms with Crippen molar-refractivity contribution in [2.24, 2.45) is 10.9 Å². The van der Waals surface area contributed by atoms with Gasteiger partial charge in [-0.1, -0.05) is 13.0 Å². The number of methoxy groups -OCH3 is 1. The Balaban J connectivity index is 1.52. The zero-order valence-electron chi connectivity index (χ0n) is 16.4. The molecule has 0 amide bonds. The van der Waals surface area contributed by atoms with E-state index in [0.717, 1.165) is 59.9 Å². The number of esters is 1. The highest BCUT2D eigenvalue weighted by Gasteiger charge is 2.35. The highest BCUT2D eigenvalue weighted by Crippen LogP contribution is 2.39. The predicted molar refractivity (Wildman–Crippen MR) is 107 cm³/mol. The standard InChI is InChI=1S/C21H26N4O3/c1-4-28-21(26)14-6-5-7-15(10-14)25-12-23-17-11-16-18(27-3)8-9-22-20(16)24-19(17)13(25)2/h8-9,12,14-15H,2,4-7,10-11H2,1,3H3,(H,22,24). The fourth-order valence-corrected chi connectivity index (χ4v) is 4.28. The van der Waals surface area contributed by atoms with Crippen LogP contribution in [0, 0.1) is 5.92 Å². The lowest BCUT2D eigenvalue weighted by atomic mass is 9.84. The Morgan fingerprint density at radius 3 is 3.07 bits per heavy atom. The largest absolute Gasteiger partial charge is 0.496 e. The Labute approximate surface area is 165 Å². The van der Waals surface area contributed by atoms with Crippen LogP contribution in [0.2, 0.25) is 0 Å². The summed E-state index contributed by atoms with van der Waals surface area (Å²) in [6, 6.07) is 2.05. The van der Waals surface area contributed by atoms with E-state index in [1.165, 1.54) is 0 Å². The normalized spacial score (nSPS) is 23.6. The quantitative estimate of drug-likeness (QED) is 0.806. The Kier molecular flexibility index (Phi) is 5.07. The maximum atomic E-state index is 12.2. The Bertz CT molecular complexity index is 861. The van der Waals surface area contributed by atoms with Gasteiger partial charge in [0.05, 0.1) is 43.1 Å². The molecule has 4 rings (SSSR count). The second kappa shape index (κ2) is 7.66. The number of aromatic nitrogens is 1. The summed E-state index contributed by atoms with van der Waals surface area (Å²) in [7, 11) is 1.66. The van der Waals surface area contributed by atoms with Crippen LogP contribution in [0.4, 0.5) is 5.82 Å². The number of carbonyl (C=O) groups excluding carboxylic acids is 1. The number of allylic oxidation sites excluding steroid dienone is 1. The summed E-state index contributed by atoms with van der Waals surface area (Å²) in [5.74, 6) is 1.44. The minimum Gasteiger partial charge on any atom is -0.496 e. The van der Waals surface area contributed by atoms with Gasteiger partial charge in [-0.15, -0.1) is 0 Å². The number of aliphatic imine (C=N–C) groups is 1. The molecule has 1 aromatic rings. The zero-order valence-corrected chi connectivity index (χ0v) is 16.4. The number of nitrogens with zero attached hydrogens (tertiary/aromatic N) is 3. The number of fused-ring (bicyclic) bond motifs is 1. The Hall–Kier alpha value is -2.83. The first-order valence-corrected chi connectivity index (χ1v) is 9.82. The van der Waals surface area contributed by atoms with Gasteiger partial charge in [0.25, 0.3) is 0 Å². The molecule has 1 saturated carbocycles. The summed E-state index contributed by atoms with van der Waals surface area (Å²) < 4.78 is 10.7. The van der Waals surface area contributed by atoms with Crippen molar-refractivity contribution in [3.63, 3.8) is 0 Å². The first-order valence-electron chi connectivity index (χ1n) is 9.82. The molecule has 7 heteroatoms. The van der Waals surface area contributed by atoms with E-state index >= 15 is 0 Å². The van der Waals surface area contributed by atoms with E-state index in [1.807, 2.05) is 19.3 Å². The summed E-state index contributed by atoms with van der Waals surface area (Å²) in [5.41, 5.74) is 3.70. The van der Waals surface area contributed by atoms with Crippen molar-refractivity contribution in [3.05, 3.63) is 41.5 Å². The van der Waals surface area contributed by atoms with Gasteiger partial charge in [0, 0.05) is 24.2 Å². The molecule has 0 spiro atoms. The van der Waals surface area contributed by atoms with E-state index in [2.05, 4.69) is 21.8 Å². The predicted octanol–water partition coefficient (Wildman–Crippen LogP) is 3.25. The highest BCUT2D eigenvalue weighted by atomic mass is 16.5. The van der Waals surface area contributed by atoms with Crippen molar-refractivity contribution in [2.75, 3.05) is 19.0 Å². The summed E-state index contributed by atoms with van der Waals surface area (Å²) in [4.78, 5) is 23.4. The third-order valence-electron chi connectivity index (χ3n) is 5.71. The Morgan fingerprint density at radius 2 is 2.29 bits per heavy atom. The number of anilines is 1. The number of nitrogens with one attached hydrogen (secondary N) is 1. The van der Waals surface area contributed by atoms with Gasteiger partial charge >= 0.3 is 5.97 Å². The number of ether oxygens (including phenoxy) is 2. The van der Waals surface area contributed by atoms with E-state index in [1.54, 1.807) is 13.3 Å². The lowest BCUT2D eigenvalue weighted by Crippen LogP contribution is -2.42. The number of carbonyl (C=O) groups is 1. The smallest absolute Gasteiger partial charge is 0.308 e. The monoisotopic (exact) mass is 382 g/mol. The average Bonchev–Trinajstić information content (AvgIpc) is 2.73. The van der Waals surface area contributed by atoms with Crippen LogP contribution in [0.15, 0.2) is 40.9 Å². The van der Waals surface area contributed by atoms with Crippen LogP contribution in [-0.2, 0) is 16.0 Å². The molecule has 0 aromatic carbocycles. The van der Waals surface area contributed by atoms with E-state index < -0.39 is 0 Å². The summed E-state index contributed by atoms with van der Waals surface area (Å²) in [6.45, 7) is 6.59. The van der Waals surface area contributed by atoms with Gasteiger partial charge in [0.2, 0.25) is 0 Å². The topological polar surface area (TPSA) is 76.0 Å². The van der Waals surface area contributed by atoms with Gasteiger partial charge < -0.3 is 19.7 Å². The van der Waals surface area contributed by atoms with Gasteiger partial charge in [0.15, 0.2) is 0 Å². The molecule has 148 valence electrons. The van der Waals surface area contributed by atoms with Crippen molar-refractivity contribution >= 4 is 18.1 Å². The van der Waals surface area contributed by atoms with Gasteiger partial charge in [-0.2, -0.15) is 0 Å². The molecule has 0 bridgehead atoms. The van der Waals surface area contributed by atoms with E-state index in [9.17, 15) is 4.79 Å². The van der Waals surface area contributed by atoms with Crippen LogP contribution in [0.25, 0.3) is 0 Å². The van der Waals surface area contributed by atoms with Gasteiger partial charge in [-0.05, 0) is 32.3 Å². The summed E-state index contributed by atoms with van der Waals surface area (Å²) >= 11 is 0. The first kappa shape index (κ1) is 18.5. The molecule has 1 fully saturated rings. The number of hydrogen-bond acceptors (Lipinski definition) is 7. The number of rotatable bonds is 4. The molecule has 28 heavy (non-hydrogen) atoms. The molecule has 0 saturated heterocycles. The van der Waals surface area contributed by atoms with E-state index in [4.69, 9.17) is 14.5 Å². The number of hydrogen-bond donors (Lipinski definition) is 1. The molecule has 1 aromatic heterocycles. The second-order valence-electron chi connectivity index (χ2n) is 7.33. The molecule has 1 aliphatic carbocycles. The van der Waals surface area contributed by atoms with Crippen LogP contribution in [-0.4, -0.2) is 42.0 Å². The highest BCUT2D eigenvalue weighted by molar-refractivity contribution is 5.74. The van der Waals surface area contributed by atoms with Crippen molar-refractivity contribution in [3.8, 4) is 5.75 Å². The minimum atomic E-state index is -0.0901. The third-order valence-corrected chi connectivity index (χ3v) is 5.71.